The van der Waals surface area contributed by atoms with Crippen molar-refractivity contribution >= 4 is 45.9 Å². The third-order valence-electron chi connectivity index (χ3n) is 1.56. The first-order valence-electron chi connectivity index (χ1n) is 3.43. The van der Waals surface area contributed by atoms with E-state index in [9.17, 15) is 0 Å². The van der Waals surface area contributed by atoms with E-state index >= 15 is 0 Å². The van der Waals surface area contributed by atoms with Crippen molar-refractivity contribution in [3.8, 4) is 0 Å². The highest BCUT2D eigenvalue weighted by Crippen LogP contribution is 2.19. The van der Waals surface area contributed by atoms with Gasteiger partial charge in [-0.05, 0) is 28.8 Å². The molecule has 0 fully saturated rings. The van der Waals surface area contributed by atoms with E-state index in [0.29, 0.717) is 5.95 Å². The number of aromatic nitrogens is 4. The molecule has 7 heteroatoms. The fraction of sp³-hybridized carbons (Fsp3) is 0.167. The number of nitrogen functional groups attached to an aromatic ring is 1. The van der Waals surface area contributed by atoms with Gasteiger partial charge in [0.25, 0.3) is 0 Å². The zero-order valence-electron chi connectivity index (χ0n) is 6.73. The van der Waals surface area contributed by atoms with Gasteiger partial charge in [-0.15, -0.1) is 10.2 Å². The number of thioether (sulfide) groups is 1. The molecule has 2 rings (SSSR count). The molecule has 0 atom stereocenters. The Bertz CT molecular complexity index is 453. The Morgan fingerprint density at radius 3 is 3.00 bits per heavy atom. The van der Waals surface area contributed by atoms with Gasteiger partial charge in [-0.1, -0.05) is 11.8 Å². The second-order valence-electron chi connectivity index (χ2n) is 2.31. The third-order valence-corrected chi connectivity index (χ3v) is 2.98. The molecule has 13 heavy (non-hydrogen) atoms. The molecule has 0 spiro atoms. The number of fused-ring (bicyclic) bond motifs is 1. The van der Waals surface area contributed by atoms with Crippen LogP contribution in [0.4, 0.5) is 5.95 Å². The Morgan fingerprint density at radius 2 is 2.31 bits per heavy atom. The number of hydrogen-bond donors (Lipinski definition) is 1. The first-order chi connectivity index (χ1) is 6.24. The summed E-state index contributed by atoms with van der Waals surface area (Å²) in [5, 5.41) is 8.55. The maximum atomic E-state index is 5.65. The van der Waals surface area contributed by atoms with E-state index in [0.717, 1.165) is 14.4 Å². The van der Waals surface area contributed by atoms with Gasteiger partial charge in [0, 0.05) is 6.20 Å². The van der Waals surface area contributed by atoms with E-state index < -0.39 is 0 Å². The van der Waals surface area contributed by atoms with Crippen LogP contribution in [-0.2, 0) is 0 Å². The lowest BCUT2D eigenvalue weighted by molar-refractivity contribution is 0.904. The maximum absolute atomic E-state index is 5.65. The van der Waals surface area contributed by atoms with Crippen molar-refractivity contribution in [2.45, 2.75) is 5.16 Å². The van der Waals surface area contributed by atoms with Crippen LogP contribution in [0.1, 0.15) is 0 Å². The van der Waals surface area contributed by atoms with Gasteiger partial charge in [-0.25, -0.2) is 9.38 Å². The minimum atomic E-state index is 0.380. The predicted molar refractivity (Wildman–Crippen MR) is 59.7 cm³/mol. The predicted octanol–water partition coefficient (Wildman–Crippen LogP) is 1.03. The first-order valence-corrected chi connectivity index (χ1v) is 5.73. The van der Waals surface area contributed by atoms with Crippen molar-refractivity contribution in [3.63, 3.8) is 0 Å². The highest BCUT2D eigenvalue weighted by molar-refractivity contribution is 14.1. The van der Waals surface area contributed by atoms with E-state index in [1.807, 2.05) is 6.26 Å². The van der Waals surface area contributed by atoms with Gasteiger partial charge >= 0.3 is 0 Å². The van der Waals surface area contributed by atoms with Crippen LogP contribution in [0.3, 0.4) is 0 Å². The zero-order chi connectivity index (χ0) is 9.42. The van der Waals surface area contributed by atoms with Gasteiger partial charge in [0.2, 0.25) is 5.95 Å². The molecule has 0 radical (unpaired) electrons. The number of rotatable bonds is 1. The van der Waals surface area contributed by atoms with Crippen LogP contribution in [0.2, 0.25) is 0 Å². The minimum Gasteiger partial charge on any atom is -0.368 e. The number of nitrogens with two attached hydrogens (primary N) is 1. The van der Waals surface area contributed by atoms with Gasteiger partial charge < -0.3 is 5.73 Å². The number of halogens is 1. The van der Waals surface area contributed by atoms with Crippen LogP contribution in [0.5, 0.6) is 0 Å². The molecule has 0 aromatic carbocycles. The summed E-state index contributed by atoms with van der Waals surface area (Å²) in [5.41, 5.74) is 6.42. The molecule has 0 aliphatic heterocycles. The fourth-order valence-corrected chi connectivity index (χ4v) is 2.02. The van der Waals surface area contributed by atoms with Crippen LogP contribution in [0.25, 0.3) is 5.65 Å². The molecule has 68 valence electrons. The SMILES string of the molecule is CSc1ncc(I)c2nnc(N)n12. The average molecular weight is 307 g/mol. The second kappa shape index (κ2) is 3.29. The Labute approximate surface area is 92.3 Å². The van der Waals surface area contributed by atoms with Crippen LogP contribution >= 0.6 is 34.4 Å². The quantitative estimate of drug-likeness (QED) is 0.484. The van der Waals surface area contributed by atoms with Crippen LogP contribution in [0.15, 0.2) is 11.4 Å². The topological polar surface area (TPSA) is 69.1 Å². The van der Waals surface area contributed by atoms with E-state index in [1.165, 1.54) is 11.8 Å². The van der Waals surface area contributed by atoms with Gasteiger partial charge in [-0.3, -0.25) is 0 Å². The zero-order valence-corrected chi connectivity index (χ0v) is 9.70. The highest BCUT2D eigenvalue weighted by Gasteiger charge is 2.09. The minimum absolute atomic E-state index is 0.380. The fourth-order valence-electron chi connectivity index (χ4n) is 1.01. The largest absolute Gasteiger partial charge is 0.368 e. The first kappa shape index (κ1) is 9.00. The van der Waals surface area contributed by atoms with Crippen LogP contribution in [-0.4, -0.2) is 25.8 Å². The normalized spacial score (nSPS) is 10.9. The summed E-state index contributed by atoms with van der Waals surface area (Å²) < 4.78 is 2.69. The standard InChI is InChI=1S/C6H6IN5S/c1-13-6-9-2-3(7)4-10-11-5(8)12(4)6/h2H,1H3,(H2,8,11). The molecule has 0 amide bonds. The van der Waals surface area contributed by atoms with Crippen LogP contribution in [0, 0.1) is 3.57 Å². The monoisotopic (exact) mass is 307 g/mol. The summed E-state index contributed by atoms with van der Waals surface area (Å²) in [6, 6.07) is 0. The summed E-state index contributed by atoms with van der Waals surface area (Å²) in [5.74, 6) is 0.380. The Morgan fingerprint density at radius 1 is 1.54 bits per heavy atom. The van der Waals surface area contributed by atoms with Crippen molar-refractivity contribution in [2.75, 3.05) is 12.0 Å². The van der Waals surface area contributed by atoms with Crippen LogP contribution < -0.4 is 5.73 Å². The molecular weight excluding hydrogens is 301 g/mol. The Hall–Kier alpha value is -0.570. The lowest BCUT2D eigenvalue weighted by Crippen LogP contribution is -2.00. The summed E-state index contributed by atoms with van der Waals surface area (Å²) in [4.78, 5) is 4.22. The van der Waals surface area contributed by atoms with Gasteiger partial charge in [0.05, 0.1) is 3.57 Å². The number of nitrogens with zero attached hydrogens (tertiary/aromatic N) is 4. The summed E-state index contributed by atoms with van der Waals surface area (Å²) >= 11 is 3.67. The van der Waals surface area contributed by atoms with E-state index in [4.69, 9.17) is 5.73 Å². The average Bonchev–Trinajstić information content (AvgIpc) is 2.51. The molecule has 2 heterocycles. The number of anilines is 1. The maximum Gasteiger partial charge on any atom is 0.228 e. The van der Waals surface area contributed by atoms with E-state index in [1.54, 1.807) is 10.6 Å². The summed E-state index contributed by atoms with van der Waals surface area (Å²) in [6.45, 7) is 0. The van der Waals surface area contributed by atoms with Gasteiger partial charge in [-0.2, -0.15) is 0 Å². The lowest BCUT2D eigenvalue weighted by Gasteiger charge is -2.01. The summed E-state index contributed by atoms with van der Waals surface area (Å²) in [6.07, 6.45) is 3.70. The molecule has 2 N–H and O–H groups in total. The van der Waals surface area contributed by atoms with Gasteiger partial charge in [0.1, 0.15) is 0 Å². The highest BCUT2D eigenvalue weighted by atomic mass is 127. The van der Waals surface area contributed by atoms with Crippen molar-refractivity contribution in [1.29, 1.82) is 0 Å². The number of hydrogen-bond acceptors (Lipinski definition) is 5. The van der Waals surface area contributed by atoms with Crippen molar-refractivity contribution in [3.05, 3.63) is 9.77 Å². The molecule has 0 unspecified atom stereocenters. The Balaban J connectivity index is 2.88. The molecule has 2 aromatic heterocycles. The third kappa shape index (κ3) is 1.35. The second-order valence-corrected chi connectivity index (χ2v) is 4.25. The van der Waals surface area contributed by atoms with E-state index in [2.05, 4.69) is 37.8 Å². The molecule has 0 aliphatic carbocycles. The van der Waals surface area contributed by atoms with Crippen molar-refractivity contribution in [2.24, 2.45) is 0 Å². The van der Waals surface area contributed by atoms with Crippen molar-refractivity contribution < 1.29 is 0 Å². The van der Waals surface area contributed by atoms with Gasteiger partial charge in [0.15, 0.2) is 10.8 Å². The Kier molecular flexibility index (Phi) is 2.28. The molecule has 0 aliphatic rings. The molecule has 0 saturated carbocycles. The van der Waals surface area contributed by atoms with E-state index in [-0.39, 0.29) is 0 Å². The molecule has 2 aromatic rings. The molecule has 0 bridgehead atoms. The molecular formula is C6H6IN5S. The summed E-state index contributed by atoms with van der Waals surface area (Å²) in [7, 11) is 0. The molecule has 0 saturated heterocycles. The van der Waals surface area contributed by atoms with Crippen molar-refractivity contribution in [1.82, 2.24) is 19.6 Å². The molecule has 5 nitrogen and oxygen atoms in total. The smallest absolute Gasteiger partial charge is 0.228 e. The lowest BCUT2D eigenvalue weighted by atomic mass is 10.6.